The molecule has 0 unspecified atom stereocenters. The number of hydrogen-bond acceptors (Lipinski definition) is 4. The van der Waals surface area contributed by atoms with Gasteiger partial charge in [-0.05, 0) is 30.2 Å². The number of furan rings is 1. The molecular weight excluding hydrogens is 324 g/mol. The number of rotatable bonds is 8. The van der Waals surface area contributed by atoms with Crippen molar-refractivity contribution in [2.75, 3.05) is 6.54 Å². The third-order valence-electron chi connectivity index (χ3n) is 3.20. The average molecular weight is 342 g/mol. The number of carbonyl (C=O) groups excluding carboxylic acids is 2. The van der Waals surface area contributed by atoms with Crippen molar-refractivity contribution in [3.8, 4) is 0 Å². The van der Waals surface area contributed by atoms with E-state index in [1.165, 1.54) is 18.4 Å². The normalized spacial score (nSPS) is 11.0. The van der Waals surface area contributed by atoms with Gasteiger partial charge in [0, 0.05) is 13.0 Å². The number of benzene rings is 1. The lowest BCUT2D eigenvalue weighted by Crippen LogP contribution is -2.35. The van der Waals surface area contributed by atoms with Gasteiger partial charge in [-0.1, -0.05) is 30.3 Å². The van der Waals surface area contributed by atoms with Gasteiger partial charge >= 0.3 is 5.97 Å². The van der Waals surface area contributed by atoms with Crippen LogP contribution in [0.4, 0.5) is 0 Å². The van der Waals surface area contributed by atoms with Crippen LogP contribution >= 0.6 is 0 Å². The van der Waals surface area contributed by atoms with Crippen molar-refractivity contribution in [2.45, 2.75) is 12.8 Å². The fraction of sp³-hybridized carbons (Fsp3) is 0.167. The van der Waals surface area contributed by atoms with E-state index in [1.54, 1.807) is 18.2 Å². The maximum absolute atomic E-state index is 12.3. The molecule has 2 aromatic rings. The molecule has 2 amide bonds. The van der Waals surface area contributed by atoms with Crippen molar-refractivity contribution in [2.24, 2.45) is 0 Å². The Balaban J connectivity index is 2.08. The highest BCUT2D eigenvalue weighted by atomic mass is 16.4. The molecular formula is C18H18N2O5. The summed E-state index contributed by atoms with van der Waals surface area (Å²) >= 11 is 0. The van der Waals surface area contributed by atoms with E-state index in [-0.39, 0.29) is 24.4 Å². The van der Waals surface area contributed by atoms with Crippen LogP contribution in [-0.2, 0) is 9.59 Å². The van der Waals surface area contributed by atoms with Gasteiger partial charge in [-0.3, -0.25) is 14.4 Å². The molecule has 2 rings (SSSR count). The quantitative estimate of drug-likeness (QED) is 0.502. The highest BCUT2D eigenvalue weighted by molar-refractivity contribution is 6.04. The SMILES string of the molecule is O=C(O)CCCNC(=O)/C(=C\c1ccccc1)NC(=O)c1ccco1. The molecule has 0 aliphatic heterocycles. The third-order valence-corrected chi connectivity index (χ3v) is 3.20. The molecule has 0 saturated heterocycles. The van der Waals surface area contributed by atoms with Crippen molar-refractivity contribution in [1.82, 2.24) is 10.6 Å². The Morgan fingerprint density at radius 1 is 1.08 bits per heavy atom. The standard InChI is InChI=1S/C18H18N2O5/c21-16(22)9-4-10-19-17(23)14(12-13-6-2-1-3-7-13)20-18(24)15-8-5-11-25-15/h1-3,5-8,11-12H,4,9-10H2,(H,19,23)(H,20,24)(H,21,22)/b14-12+. The van der Waals surface area contributed by atoms with Crippen LogP contribution in [0.5, 0.6) is 0 Å². The molecule has 0 spiro atoms. The number of hydrogen-bond donors (Lipinski definition) is 3. The second kappa shape index (κ2) is 9.07. The van der Waals surface area contributed by atoms with Gasteiger partial charge in [0.05, 0.1) is 6.26 Å². The number of nitrogens with one attached hydrogen (secondary N) is 2. The molecule has 130 valence electrons. The summed E-state index contributed by atoms with van der Waals surface area (Å²) in [4.78, 5) is 35.0. The average Bonchev–Trinajstić information content (AvgIpc) is 3.13. The largest absolute Gasteiger partial charge is 0.481 e. The van der Waals surface area contributed by atoms with Crippen molar-refractivity contribution in [3.63, 3.8) is 0 Å². The lowest BCUT2D eigenvalue weighted by Gasteiger charge is -2.10. The molecule has 3 N–H and O–H groups in total. The number of carbonyl (C=O) groups is 3. The highest BCUT2D eigenvalue weighted by Gasteiger charge is 2.16. The maximum atomic E-state index is 12.3. The van der Waals surface area contributed by atoms with Crippen LogP contribution in [0.1, 0.15) is 29.0 Å². The smallest absolute Gasteiger partial charge is 0.303 e. The molecule has 0 atom stereocenters. The molecule has 0 saturated carbocycles. The van der Waals surface area contributed by atoms with E-state index in [0.717, 1.165) is 5.56 Å². The van der Waals surface area contributed by atoms with Gasteiger partial charge in [0.15, 0.2) is 5.76 Å². The molecule has 0 aliphatic carbocycles. The molecule has 1 heterocycles. The van der Waals surface area contributed by atoms with E-state index < -0.39 is 17.8 Å². The first-order valence-corrected chi connectivity index (χ1v) is 7.68. The van der Waals surface area contributed by atoms with Gasteiger partial charge in [0.25, 0.3) is 11.8 Å². The Hall–Kier alpha value is -3.35. The van der Waals surface area contributed by atoms with E-state index in [1.807, 2.05) is 18.2 Å². The summed E-state index contributed by atoms with van der Waals surface area (Å²) in [6.45, 7) is 0.188. The molecule has 0 radical (unpaired) electrons. The predicted molar refractivity (Wildman–Crippen MR) is 90.5 cm³/mol. The summed E-state index contributed by atoms with van der Waals surface area (Å²) in [6, 6.07) is 12.1. The van der Waals surface area contributed by atoms with Crippen LogP contribution in [-0.4, -0.2) is 29.4 Å². The van der Waals surface area contributed by atoms with Crippen LogP contribution in [0.3, 0.4) is 0 Å². The van der Waals surface area contributed by atoms with Gasteiger partial charge in [-0.2, -0.15) is 0 Å². The van der Waals surface area contributed by atoms with Crippen molar-refractivity contribution in [3.05, 3.63) is 65.7 Å². The Morgan fingerprint density at radius 3 is 2.48 bits per heavy atom. The van der Waals surface area contributed by atoms with Gasteiger partial charge in [-0.25, -0.2) is 0 Å². The minimum atomic E-state index is -0.930. The maximum Gasteiger partial charge on any atom is 0.303 e. The number of carboxylic acids is 1. The van der Waals surface area contributed by atoms with E-state index >= 15 is 0 Å². The number of aliphatic carboxylic acids is 1. The second-order valence-electron chi connectivity index (χ2n) is 5.15. The molecule has 0 bridgehead atoms. The highest BCUT2D eigenvalue weighted by Crippen LogP contribution is 2.07. The Morgan fingerprint density at radius 2 is 1.84 bits per heavy atom. The van der Waals surface area contributed by atoms with E-state index in [2.05, 4.69) is 10.6 Å². The molecule has 1 aromatic heterocycles. The minimum absolute atomic E-state index is 0.0444. The Labute approximate surface area is 144 Å². The van der Waals surface area contributed by atoms with E-state index in [9.17, 15) is 14.4 Å². The molecule has 7 nitrogen and oxygen atoms in total. The zero-order valence-corrected chi connectivity index (χ0v) is 13.4. The van der Waals surface area contributed by atoms with Crippen LogP contribution in [0.2, 0.25) is 0 Å². The van der Waals surface area contributed by atoms with Crippen LogP contribution in [0.25, 0.3) is 6.08 Å². The molecule has 0 aliphatic rings. The van der Waals surface area contributed by atoms with E-state index in [4.69, 9.17) is 9.52 Å². The predicted octanol–water partition coefficient (Wildman–Crippen LogP) is 2.03. The summed E-state index contributed by atoms with van der Waals surface area (Å²) in [6.07, 6.45) is 3.15. The number of carboxylic acid groups (broad SMARTS) is 1. The first kappa shape index (κ1) is 18.0. The monoisotopic (exact) mass is 342 g/mol. The summed E-state index contributed by atoms with van der Waals surface area (Å²) in [5.41, 5.74) is 0.779. The lowest BCUT2D eigenvalue weighted by atomic mass is 10.2. The lowest BCUT2D eigenvalue weighted by molar-refractivity contribution is -0.137. The van der Waals surface area contributed by atoms with Gasteiger partial charge in [0.2, 0.25) is 0 Å². The third kappa shape index (κ3) is 5.98. The molecule has 25 heavy (non-hydrogen) atoms. The first-order chi connectivity index (χ1) is 12.1. The van der Waals surface area contributed by atoms with Gasteiger partial charge < -0.3 is 20.2 Å². The van der Waals surface area contributed by atoms with Crippen LogP contribution in [0, 0.1) is 0 Å². The number of amides is 2. The fourth-order valence-corrected chi connectivity index (χ4v) is 2.00. The first-order valence-electron chi connectivity index (χ1n) is 7.68. The Bertz CT molecular complexity index is 751. The summed E-state index contributed by atoms with van der Waals surface area (Å²) in [5.74, 6) is -1.90. The van der Waals surface area contributed by atoms with Crippen molar-refractivity contribution < 1.29 is 23.9 Å². The Kier molecular flexibility index (Phi) is 6.53. The molecule has 1 aromatic carbocycles. The van der Waals surface area contributed by atoms with Crippen LogP contribution in [0.15, 0.2) is 58.8 Å². The topological polar surface area (TPSA) is 109 Å². The van der Waals surface area contributed by atoms with Crippen molar-refractivity contribution in [1.29, 1.82) is 0 Å². The van der Waals surface area contributed by atoms with E-state index in [0.29, 0.717) is 6.42 Å². The van der Waals surface area contributed by atoms with Gasteiger partial charge in [0.1, 0.15) is 5.70 Å². The molecule has 7 heteroatoms. The summed E-state index contributed by atoms with van der Waals surface area (Å²) < 4.78 is 5.01. The zero-order chi connectivity index (χ0) is 18.1. The fourth-order valence-electron chi connectivity index (χ4n) is 2.00. The summed E-state index contributed by atoms with van der Waals surface area (Å²) in [7, 11) is 0. The van der Waals surface area contributed by atoms with Gasteiger partial charge in [-0.15, -0.1) is 0 Å². The van der Waals surface area contributed by atoms with Crippen molar-refractivity contribution >= 4 is 23.9 Å². The molecule has 0 fully saturated rings. The second-order valence-corrected chi connectivity index (χ2v) is 5.15. The van der Waals surface area contributed by atoms with Crippen LogP contribution < -0.4 is 10.6 Å². The zero-order valence-electron chi connectivity index (χ0n) is 13.4. The summed E-state index contributed by atoms with van der Waals surface area (Å²) in [5, 5.41) is 13.7. The minimum Gasteiger partial charge on any atom is -0.481 e.